The van der Waals surface area contributed by atoms with Crippen LogP contribution in [0.5, 0.6) is 5.75 Å². The molecule has 0 aliphatic carbocycles. The van der Waals surface area contributed by atoms with Crippen LogP contribution in [0.1, 0.15) is 45.8 Å². The molecule has 1 saturated heterocycles. The van der Waals surface area contributed by atoms with E-state index in [0.717, 1.165) is 21.2 Å². The lowest BCUT2D eigenvalue weighted by molar-refractivity contribution is -0.161. The zero-order chi connectivity index (χ0) is 35.2. The van der Waals surface area contributed by atoms with Crippen LogP contribution in [0, 0.1) is 6.92 Å². The highest BCUT2D eigenvalue weighted by Crippen LogP contribution is 2.31. The third-order valence-corrected chi connectivity index (χ3v) is 8.25. The van der Waals surface area contributed by atoms with E-state index >= 15 is 0 Å². The fraction of sp³-hybridized carbons (Fsp3) is 0.321. The predicted octanol–water partition coefficient (Wildman–Crippen LogP) is -1.37. The number of fused-ring (bicyclic) bond motifs is 2. The van der Waals surface area contributed by atoms with Crippen molar-refractivity contribution >= 4 is 63.7 Å². The van der Waals surface area contributed by atoms with E-state index in [0.29, 0.717) is 5.56 Å². The van der Waals surface area contributed by atoms with Crippen LogP contribution in [0.15, 0.2) is 33.9 Å². The summed E-state index contributed by atoms with van der Waals surface area (Å²) >= 11 is 0.960. The number of nitrogens with one attached hydrogen (secondary N) is 2. The van der Waals surface area contributed by atoms with Gasteiger partial charge in [0, 0.05) is 25.0 Å². The minimum Gasteiger partial charge on any atom is -0.508 e. The van der Waals surface area contributed by atoms with Crippen LogP contribution in [0.3, 0.4) is 0 Å². The zero-order valence-corrected chi connectivity index (χ0v) is 26.3. The second-order valence-electron chi connectivity index (χ2n) is 11.3. The Morgan fingerprint density at radius 3 is 2.42 bits per heavy atom. The molecule has 1 aromatic carbocycles. The van der Waals surface area contributed by atoms with Crippen molar-refractivity contribution in [1.29, 1.82) is 0 Å². The Morgan fingerprint density at radius 2 is 1.81 bits per heavy atom. The highest BCUT2D eigenvalue weighted by Gasteiger charge is 2.49. The lowest BCUT2D eigenvalue weighted by Crippen LogP contribution is -2.46. The fourth-order valence-corrected chi connectivity index (χ4v) is 5.53. The third kappa shape index (κ3) is 6.00. The lowest BCUT2D eigenvalue weighted by atomic mass is 10.1. The maximum absolute atomic E-state index is 13.3. The number of aliphatic carboxylic acids is 2. The number of hydrogen-bond acceptors (Lipinski definition) is 14. The molecular formula is C28H28N8O11S. The van der Waals surface area contributed by atoms with Crippen LogP contribution in [0.4, 0.5) is 5.13 Å². The van der Waals surface area contributed by atoms with Gasteiger partial charge < -0.3 is 36.5 Å². The highest BCUT2D eigenvalue weighted by atomic mass is 32.1. The molecule has 5 amide bonds. The number of benzene rings is 1. The van der Waals surface area contributed by atoms with Crippen molar-refractivity contribution in [3.05, 3.63) is 51.2 Å². The predicted molar refractivity (Wildman–Crippen MR) is 162 cm³/mol. The Hall–Kier alpha value is -5.89. The van der Waals surface area contributed by atoms with Gasteiger partial charge >= 0.3 is 11.9 Å². The number of hydrogen-bond donors (Lipinski definition) is 6. The van der Waals surface area contributed by atoms with Crippen molar-refractivity contribution in [2.24, 2.45) is 5.16 Å². The molecule has 19 nitrogen and oxygen atoms in total. The number of carboxylic acids is 2. The summed E-state index contributed by atoms with van der Waals surface area (Å²) in [6.45, 7) is 2.86. The van der Waals surface area contributed by atoms with Crippen LogP contribution in [-0.2, 0) is 28.8 Å². The van der Waals surface area contributed by atoms with Gasteiger partial charge in [0.1, 0.15) is 17.5 Å². The average molecular weight is 685 g/mol. The Morgan fingerprint density at radius 1 is 1.15 bits per heavy atom. The summed E-state index contributed by atoms with van der Waals surface area (Å²) in [5.41, 5.74) is 2.84. The van der Waals surface area contributed by atoms with Crippen LogP contribution in [-0.4, -0.2) is 120 Å². The highest BCUT2D eigenvalue weighted by molar-refractivity contribution is 7.13. The van der Waals surface area contributed by atoms with Gasteiger partial charge in [-0.05, 0) is 38.5 Å². The molecule has 1 fully saturated rings. The number of aromatic hydroxyl groups is 1. The molecule has 0 bridgehead atoms. The van der Waals surface area contributed by atoms with E-state index < -0.39 is 64.5 Å². The number of anilines is 1. The van der Waals surface area contributed by atoms with E-state index in [1.807, 2.05) is 0 Å². The molecule has 5 rings (SSSR count). The van der Waals surface area contributed by atoms with Gasteiger partial charge in [0.15, 0.2) is 16.5 Å². The first-order valence-electron chi connectivity index (χ1n) is 14.1. The van der Waals surface area contributed by atoms with Crippen molar-refractivity contribution in [2.45, 2.75) is 32.4 Å². The molecule has 2 aromatic rings. The summed E-state index contributed by atoms with van der Waals surface area (Å²) in [5, 5.41) is 41.1. The molecule has 3 aliphatic heterocycles. The first kappa shape index (κ1) is 33.5. The summed E-state index contributed by atoms with van der Waals surface area (Å²) in [6.07, 6.45) is 0. The Balaban J connectivity index is 1.26. The number of phenolic OH excluding ortho intramolecular Hbond substituents is 1. The van der Waals surface area contributed by atoms with Crippen LogP contribution in [0.25, 0.3) is 0 Å². The number of phenols is 1. The van der Waals surface area contributed by atoms with Crippen molar-refractivity contribution in [2.75, 3.05) is 31.9 Å². The number of imide groups is 1. The van der Waals surface area contributed by atoms with Crippen LogP contribution >= 0.6 is 11.3 Å². The van der Waals surface area contributed by atoms with Crippen molar-refractivity contribution in [1.82, 2.24) is 30.5 Å². The van der Waals surface area contributed by atoms with Crippen molar-refractivity contribution in [3.8, 4) is 5.75 Å². The van der Waals surface area contributed by atoms with Gasteiger partial charge in [0.2, 0.25) is 5.60 Å². The van der Waals surface area contributed by atoms with Gasteiger partial charge in [-0.3, -0.25) is 28.9 Å². The van der Waals surface area contributed by atoms with Gasteiger partial charge in [-0.25, -0.2) is 24.6 Å². The van der Waals surface area contributed by atoms with E-state index in [4.69, 9.17) is 10.6 Å². The van der Waals surface area contributed by atoms with Crippen LogP contribution in [0.2, 0.25) is 0 Å². The molecule has 0 spiro atoms. The van der Waals surface area contributed by atoms with E-state index in [9.17, 15) is 48.9 Å². The smallest absolute Gasteiger partial charge is 0.354 e. The van der Waals surface area contributed by atoms with Gasteiger partial charge in [-0.15, -0.1) is 11.3 Å². The first-order chi connectivity index (χ1) is 22.5. The average Bonchev–Trinajstić information content (AvgIpc) is 3.74. The Kier molecular flexibility index (Phi) is 8.63. The number of rotatable bonds is 11. The minimum atomic E-state index is -1.84. The van der Waals surface area contributed by atoms with Gasteiger partial charge in [-0.1, -0.05) is 5.16 Å². The van der Waals surface area contributed by atoms with Gasteiger partial charge in [0.25, 0.3) is 29.5 Å². The van der Waals surface area contributed by atoms with Crippen molar-refractivity contribution < 1.29 is 53.7 Å². The standard InChI is InChI=1S/C28H28N8O11S/c1-11-6-12-13(7-17(11)37)23(41)35(22(12)40)5-4-30-20(38)14-8-34-9-15(24(42)36(34)19(14)25(43)44)31-21(39)18(16-10-48-27(29)32-16)33-47-28(2,3)26(45)46/h6-7,10,15,37H,4-5,8-9H2,1-3H3,(H2,29,32)(H,30,38)(H,31,39)(H,43,44)(H,45,46)/b33-18-/t15-/m0/s1. The molecule has 1 atom stereocenters. The van der Waals surface area contributed by atoms with Gasteiger partial charge in [-0.2, -0.15) is 0 Å². The summed E-state index contributed by atoms with van der Waals surface area (Å²) in [6, 6.07) is 1.26. The summed E-state index contributed by atoms with van der Waals surface area (Å²) in [7, 11) is 0. The number of thiazole rings is 1. The Bertz CT molecular complexity index is 1830. The number of nitrogens with zero attached hydrogens (tertiary/aromatic N) is 5. The molecule has 0 saturated carbocycles. The lowest BCUT2D eigenvalue weighted by Gasteiger charge is -2.19. The number of aromatic nitrogens is 1. The topological polar surface area (TPSA) is 274 Å². The second kappa shape index (κ2) is 12.4. The normalized spacial score (nSPS) is 17.9. The number of oxime groups is 1. The number of carbonyl (C=O) groups is 7. The summed E-state index contributed by atoms with van der Waals surface area (Å²) < 4.78 is 0. The number of nitrogens with two attached hydrogens (primary N) is 1. The van der Waals surface area contributed by atoms with E-state index in [1.54, 1.807) is 6.92 Å². The van der Waals surface area contributed by atoms with Gasteiger partial charge in [0.05, 0.1) is 23.2 Å². The molecule has 0 radical (unpaired) electrons. The number of nitrogen functional groups attached to an aromatic ring is 1. The number of amides is 5. The number of aryl methyl sites for hydroxylation is 1. The molecule has 1 aromatic heterocycles. The van der Waals surface area contributed by atoms with E-state index in [-0.39, 0.29) is 59.5 Å². The fourth-order valence-electron chi connectivity index (χ4n) is 4.99. The van der Waals surface area contributed by atoms with E-state index in [1.165, 1.54) is 36.4 Å². The number of carbonyl (C=O) groups excluding carboxylic acids is 5. The first-order valence-corrected chi connectivity index (χ1v) is 14.9. The molecule has 0 unspecified atom stereocenters. The minimum absolute atomic E-state index is 0.0143. The maximum Gasteiger partial charge on any atom is 0.354 e. The Labute approximate surface area is 274 Å². The number of carboxylic acid groups (broad SMARTS) is 2. The van der Waals surface area contributed by atoms with Crippen molar-refractivity contribution in [3.63, 3.8) is 0 Å². The molecule has 4 heterocycles. The molecule has 20 heteroatoms. The zero-order valence-electron chi connectivity index (χ0n) is 25.5. The molecule has 48 heavy (non-hydrogen) atoms. The SMILES string of the molecule is Cc1cc2c(cc1O)C(=O)N(CCNC(=O)C1=C(C(=O)O)N3C(=O)[C@@H](NC(=O)/C(=N\OC(C)(C)C(=O)O)c4csc(N)n4)CN3C1)C2=O. The quantitative estimate of drug-likeness (QED) is 0.0906. The maximum atomic E-state index is 13.3. The molecule has 252 valence electrons. The summed E-state index contributed by atoms with van der Waals surface area (Å²) in [5.74, 6) is -7.18. The summed E-state index contributed by atoms with van der Waals surface area (Å²) in [4.78, 5) is 98.7. The van der Waals surface area contributed by atoms with E-state index in [2.05, 4.69) is 20.8 Å². The molecule has 7 N–H and O–H groups in total. The second-order valence-corrected chi connectivity index (χ2v) is 12.2. The van der Waals surface area contributed by atoms with Crippen LogP contribution < -0.4 is 16.4 Å². The largest absolute Gasteiger partial charge is 0.508 e. The third-order valence-electron chi connectivity index (χ3n) is 7.57. The monoisotopic (exact) mass is 684 g/mol. The molecular weight excluding hydrogens is 656 g/mol. The number of hydrazine groups is 1. The molecule has 3 aliphatic rings.